The highest BCUT2D eigenvalue weighted by atomic mass is 79.9. The van der Waals surface area contributed by atoms with E-state index in [1.165, 1.54) is 6.08 Å². The SMILES string of the molecule is Oc1cc(F)c(F)cc1C=CCBr. The summed E-state index contributed by atoms with van der Waals surface area (Å²) in [4.78, 5) is 0. The lowest BCUT2D eigenvalue weighted by Gasteiger charge is -1.99. The second-order valence-corrected chi connectivity index (χ2v) is 3.03. The van der Waals surface area contributed by atoms with Gasteiger partial charge in [-0.15, -0.1) is 0 Å². The van der Waals surface area contributed by atoms with Crippen molar-refractivity contribution in [3.8, 4) is 5.75 Å². The van der Waals surface area contributed by atoms with E-state index in [0.717, 1.165) is 12.1 Å². The fourth-order valence-electron chi connectivity index (χ4n) is 0.857. The van der Waals surface area contributed by atoms with Crippen molar-refractivity contribution in [2.24, 2.45) is 0 Å². The van der Waals surface area contributed by atoms with Gasteiger partial charge in [-0.3, -0.25) is 0 Å². The van der Waals surface area contributed by atoms with Gasteiger partial charge >= 0.3 is 0 Å². The molecule has 0 aliphatic carbocycles. The number of rotatable bonds is 2. The van der Waals surface area contributed by atoms with Crippen LogP contribution < -0.4 is 0 Å². The van der Waals surface area contributed by atoms with Crippen LogP contribution in [0.1, 0.15) is 5.56 Å². The van der Waals surface area contributed by atoms with Crippen LogP contribution in [-0.2, 0) is 0 Å². The predicted molar refractivity (Wildman–Crippen MR) is 50.9 cm³/mol. The minimum absolute atomic E-state index is 0.262. The zero-order valence-electron chi connectivity index (χ0n) is 6.60. The normalized spacial score (nSPS) is 11.0. The summed E-state index contributed by atoms with van der Waals surface area (Å²) in [5, 5.41) is 9.76. The van der Waals surface area contributed by atoms with Crippen LogP contribution in [0.15, 0.2) is 18.2 Å². The predicted octanol–water partition coefficient (Wildman–Crippen LogP) is 3.08. The smallest absolute Gasteiger partial charge is 0.162 e. The summed E-state index contributed by atoms with van der Waals surface area (Å²) in [7, 11) is 0. The first-order valence-electron chi connectivity index (χ1n) is 3.55. The summed E-state index contributed by atoms with van der Waals surface area (Å²) in [6.45, 7) is 0. The van der Waals surface area contributed by atoms with E-state index in [0.29, 0.717) is 5.33 Å². The number of alkyl halides is 1. The number of allylic oxidation sites excluding steroid dienone is 1. The van der Waals surface area contributed by atoms with Crippen LogP contribution in [-0.4, -0.2) is 10.4 Å². The Morgan fingerprint density at radius 2 is 1.92 bits per heavy atom. The molecule has 13 heavy (non-hydrogen) atoms. The van der Waals surface area contributed by atoms with E-state index in [-0.39, 0.29) is 11.3 Å². The molecule has 0 amide bonds. The summed E-state index contributed by atoms with van der Waals surface area (Å²) in [5.74, 6) is -2.28. The van der Waals surface area contributed by atoms with Crippen molar-refractivity contribution in [1.82, 2.24) is 0 Å². The lowest BCUT2D eigenvalue weighted by molar-refractivity contribution is 0.453. The molecule has 0 radical (unpaired) electrons. The molecule has 0 atom stereocenters. The van der Waals surface area contributed by atoms with E-state index in [1.54, 1.807) is 6.08 Å². The van der Waals surface area contributed by atoms with E-state index < -0.39 is 11.6 Å². The molecule has 1 rings (SSSR count). The largest absolute Gasteiger partial charge is 0.507 e. The molecule has 0 spiro atoms. The highest BCUT2D eigenvalue weighted by Gasteiger charge is 2.05. The molecular formula is C9H7BrF2O. The quantitative estimate of drug-likeness (QED) is 0.798. The minimum atomic E-state index is -1.05. The Hall–Kier alpha value is -0.900. The summed E-state index contributed by atoms with van der Waals surface area (Å²) in [5.41, 5.74) is 0.262. The van der Waals surface area contributed by atoms with Crippen LogP contribution in [0.2, 0.25) is 0 Å². The van der Waals surface area contributed by atoms with Gasteiger partial charge in [0.25, 0.3) is 0 Å². The zero-order chi connectivity index (χ0) is 9.84. The standard InChI is InChI=1S/C9H7BrF2O/c10-3-1-2-6-4-7(11)8(12)5-9(6)13/h1-2,4-5,13H,3H2. The van der Waals surface area contributed by atoms with Crippen molar-refractivity contribution >= 4 is 22.0 Å². The molecule has 1 nitrogen and oxygen atoms in total. The van der Waals surface area contributed by atoms with Gasteiger partial charge in [0.1, 0.15) is 5.75 Å². The van der Waals surface area contributed by atoms with E-state index in [4.69, 9.17) is 5.11 Å². The summed E-state index contributed by atoms with van der Waals surface area (Å²) < 4.78 is 25.2. The molecule has 1 aromatic carbocycles. The van der Waals surface area contributed by atoms with E-state index in [1.807, 2.05) is 0 Å². The molecule has 70 valence electrons. The van der Waals surface area contributed by atoms with E-state index in [2.05, 4.69) is 15.9 Å². The van der Waals surface area contributed by atoms with Crippen molar-refractivity contribution < 1.29 is 13.9 Å². The van der Waals surface area contributed by atoms with Crippen molar-refractivity contribution in [3.05, 3.63) is 35.4 Å². The highest BCUT2D eigenvalue weighted by molar-refractivity contribution is 9.09. The molecule has 0 aliphatic rings. The van der Waals surface area contributed by atoms with E-state index in [9.17, 15) is 8.78 Å². The van der Waals surface area contributed by atoms with Gasteiger partial charge in [-0.05, 0) is 6.07 Å². The second-order valence-electron chi connectivity index (χ2n) is 2.38. The van der Waals surface area contributed by atoms with Gasteiger partial charge in [0.15, 0.2) is 11.6 Å². The van der Waals surface area contributed by atoms with Gasteiger partial charge in [0.05, 0.1) is 0 Å². The molecule has 0 unspecified atom stereocenters. The van der Waals surface area contributed by atoms with Crippen LogP contribution in [0.25, 0.3) is 6.08 Å². The van der Waals surface area contributed by atoms with E-state index >= 15 is 0 Å². The summed E-state index contributed by atoms with van der Waals surface area (Å²) in [6.07, 6.45) is 3.18. The maximum absolute atomic E-state index is 12.7. The first-order valence-corrected chi connectivity index (χ1v) is 4.68. The summed E-state index contributed by atoms with van der Waals surface area (Å²) >= 11 is 3.13. The van der Waals surface area contributed by atoms with Gasteiger partial charge in [-0.2, -0.15) is 0 Å². The number of benzene rings is 1. The maximum Gasteiger partial charge on any atom is 0.162 e. The molecule has 0 bridgehead atoms. The Balaban J connectivity index is 3.08. The Morgan fingerprint density at radius 3 is 2.54 bits per heavy atom. The topological polar surface area (TPSA) is 20.2 Å². The molecule has 0 heterocycles. The number of aromatic hydroxyl groups is 1. The molecule has 0 aliphatic heterocycles. The molecular weight excluding hydrogens is 242 g/mol. The van der Waals surface area contributed by atoms with Crippen LogP contribution in [0.5, 0.6) is 5.75 Å². The van der Waals surface area contributed by atoms with Crippen molar-refractivity contribution in [3.63, 3.8) is 0 Å². The molecule has 0 aromatic heterocycles. The number of phenolic OH excluding ortho intramolecular Hbond substituents is 1. The number of hydrogen-bond donors (Lipinski definition) is 1. The van der Waals surface area contributed by atoms with Gasteiger partial charge in [0, 0.05) is 17.0 Å². The first kappa shape index (κ1) is 10.2. The monoisotopic (exact) mass is 248 g/mol. The Kier molecular flexibility index (Phi) is 3.42. The van der Waals surface area contributed by atoms with Crippen LogP contribution in [0.3, 0.4) is 0 Å². The molecule has 1 N–H and O–H groups in total. The third kappa shape index (κ3) is 2.52. The fourth-order valence-corrected chi connectivity index (χ4v) is 1.04. The second kappa shape index (κ2) is 4.37. The lowest BCUT2D eigenvalue weighted by atomic mass is 10.2. The molecule has 0 saturated heterocycles. The minimum Gasteiger partial charge on any atom is -0.507 e. The van der Waals surface area contributed by atoms with Gasteiger partial charge in [-0.25, -0.2) is 8.78 Å². The van der Waals surface area contributed by atoms with Gasteiger partial charge < -0.3 is 5.11 Å². The van der Waals surface area contributed by atoms with Crippen LogP contribution in [0, 0.1) is 11.6 Å². The molecule has 0 saturated carbocycles. The third-order valence-corrected chi connectivity index (χ3v) is 1.83. The lowest BCUT2D eigenvalue weighted by Crippen LogP contribution is -1.85. The fraction of sp³-hybridized carbons (Fsp3) is 0.111. The Bertz CT molecular complexity index is 337. The Labute approximate surface area is 82.8 Å². The van der Waals surface area contributed by atoms with Crippen molar-refractivity contribution in [1.29, 1.82) is 0 Å². The molecule has 0 fully saturated rings. The first-order chi connectivity index (χ1) is 6.15. The number of phenols is 1. The van der Waals surface area contributed by atoms with Gasteiger partial charge in [0.2, 0.25) is 0 Å². The third-order valence-electron chi connectivity index (χ3n) is 1.46. The number of halogens is 3. The summed E-state index contributed by atoms with van der Waals surface area (Å²) in [6, 6.07) is 1.70. The Morgan fingerprint density at radius 1 is 1.31 bits per heavy atom. The average molecular weight is 249 g/mol. The van der Waals surface area contributed by atoms with Gasteiger partial charge in [-0.1, -0.05) is 28.1 Å². The highest BCUT2D eigenvalue weighted by Crippen LogP contribution is 2.21. The molecule has 1 aromatic rings. The average Bonchev–Trinajstić information content (AvgIpc) is 2.09. The van der Waals surface area contributed by atoms with Crippen LogP contribution >= 0.6 is 15.9 Å². The van der Waals surface area contributed by atoms with Crippen LogP contribution in [0.4, 0.5) is 8.78 Å². The van der Waals surface area contributed by atoms with Crippen molar-refractivity contribution in [2.75, 3.05) is 5.33 Å². The van der Waals surface area contributed by atoms with Crippen molar-refractivity contribution in [2.45, 2.75) is 0 Å². The zero-order valence-corrected chi connectivity index (χ0v) is 8.18. The maximum atomic E-state index is 12.7. The molecule has 4 heteroatoms. The number of hydrogen-bond acceptors (Lipinski definition) is 1.